The van der Waals surface area contributed by atoms with Crippen LogP contribution < -0.4 is 0 Å². The minimum atomic E-state index is -0.621. The Morgan fingerprint density at radius 2 is 0.768 bits per heavy atom. The molecular formula is C64H37N3O2. The summed E-state index contributed by atoms with van der Waals surface area (Å²) in [6, 6.07) is 79.5. The third-order valence-electron chi connectivity index (χ3n) is 14.6. The molecule has 0 amide bonds. The molecule has 0 saturated heterocycles. The molecule has 0 unspecified atom stereocenters. The average Bonchev–Trinajstić information content (AvgIpc) is 4.15. The molecule has 0 radical (unpaired) electrons. The van der Waals surface area contributed by atoms with Gasteiger partial charge in [-0.1, -0.05) is 188 Å². The first-order valence-corrected chi connectivity index (χ1v) is 23.4. The predicted octanol–water partition coefficient (Wildman–Crippen LogP) is 16.3. The van der Waals surface area contributed by atoms with Crippen LogP contribution in [-0.2, 0) is 5.41 Å². The van der Waals surface area contributed by atoms with Gasteiger partial charge in [0.1, 0.15) is 22.3 Å². The van der Waals surface area contributed by atoms with E-state index >= 15 is 0 Å². The molecule has 0 atom stereocenters. The first-order chi connectivity index (χ1) is 34.2. The van der Waals surface area contributed by atoms with Gasteiger partial charge in [-0.25, -0.2) is 15.0 Å². The molecule has 15 rings (SSSR count). The van der Waals surface area contributed by atoms with Crippen LogP contribution in [0.1, 0.15) is 22.3 Å². The first-order valence-electron chi connectivity index (χ1n) is 23.4. The van der Waals surface area contributed by atoms with Crippen molar-refractivity contribution in [3.63, 3.8) is 0 Å². The fourth-order valence-electron chi connectivity index (χ4n) is 11.5. The molecule has 0 N–H and O–H groups in total. The van der Waals surface area contributed by atoms with Crippen LogP contribution >= 0.6 is 0 Å². The zero-order chi connectivity index (χ0) is 45.2. The van der Waals surface area contributed by atoms with E-state index < -0.39 is 5.41 Å². The van der Waals surface area contributed by atoms with Gasteiger partial charge >= 0.3 is 0 Å². The Balaban J connectivity index is 0.931. The molecular weight excluding hydrogens is 843 g/mol. The van der Waals surface area contributed by atoms with Crippen molar-refractivity contribution in [2.24, 2.45) is 0 Å². The van der Waals surface area contributed by atoms with Gasteiger partial charge in [-0.2, -0.15) is 0 Å². The number of hydrogen-bond acceptors (Lipinski definition) is 5. The van der Waals surface area contributed by atoms with Crippen LogP contribution in [0, 0.1) is 0 Å². The Labute approximate surface area is 396 Å². The van der Waals surface area contributed by atoms with E-state index in [1.54, 1.807) is 0 Å². The molecule has 0 fully saturated rings. The maximum atomic E-state index is 6.99. The summed E-state index contributed by atoms with van der Waals surface area (Å²) < 4.78 is 13.6. The van der Waals surface area contributed by atoms with Crippen molar-refractivity contribution in [3.05, 3.63) is 247 Å². The van der Waals surface area contributed by atoms with Crippen molar-refractivity contribution in [1.82, 2.24) is 15.0 Å². The quantitative estimate of drug-likeness (QED) is 0.172. The van der Waals surface area contributed by atoms with Gasteiger partial charge in [0.25, 0.3) is 0 Å². The molecule has 0 saturated carbocycles. The second-order valence-electron chi connectivity index (χ2n) is 18.2. The number of aromatic nitrogens is 3. The first kappa shape index (κ1) is 38.0. The predicted molar refractivity (Wildman–Crippen MR) is 278 cm³/mol. The van der Waals surface area contributed by atoms with Gasteiger partial charge in [0.2, 0.25) is 0 Å². The van der Waals surface area contributed by atoms with Crippen LogP contribution in [0.2, 0.25) is 0 Å². The number of rotatable bonds is 5. The minimum Gasteiger partial charge on any atom is -0.456 e. The Morgan fingerprint density at radius 3 is 1.41 bits per heavy atom. The smallest absolute Gasteiger partial charge is 0.164 e. The number of furan rings is 2. The summed E-state index contributed by atoms with van der Waals surface area (Å²) >= 11 is 0. The highest BCUT2D eigenvalue weighted by atomic mass is 16.3. The van der Waals surface area contributed by atoms with Crippen LogP contribution in [0.3, 0.4) is 0 Å². The number of hydrogen-bond donors (Lipinski definition) is 0. The number of benzene rings is 10. The monoisotopic (exact) mass is 879 g/mol. The summed E-state index contributed by atoms with van der Waals surface area (Å²) in [6.45, 7) is 0. The van der Waals surface area contributed by atoms with Crippen LogP contribution in [0.25, 0.3) is 123 Å². The Bertz CT molecular complexity index is 4080. The molecule has 2 aliphatic rings. The van der Waals surface area contributed by atoms with Gasteiger partial charge in [0, 0.05) is 38.2 Å². The zero-order valence-electron chi connectivity index (χ0n) is 37.0. The summed E-state index contributed by atoms with van der Waals surface area (Å²) in [5, 5.41) is 4.37. The summed E-state index contributed by atoms with van der Waals surface area (Å²) in [6.07, 6.45) is 0. The zero-order valence-corrected chi connectivity index (χ0v) is 37.0. The largest absolute Gasteiger partial charge is 0.456 e. The molecule has 5 heteroatoms. The lowest BCUT2D eigenvalue weighted by Gasteiger charge is -2.31. The van der Waals surface area contributed by atoms with Crippen LogP contribution in [0.15, 0.2) is 233 Å². The molecule has 69 heavy (non-hydrogen) atoms. The lowest BCUT2D eigenvalue weighted by atomic mass is 9.69. The molecule has 3 heterocycles. The highest BCUT2D eigenvalue weighted by Gasteiger charge is 2.53. The van der Waals surface area contributed by atoms with Gasteiger partial charge in [-0.15, -0.1) is 0 Å². The normalized spacial score (nSPS) is 13.0. The topological polar surface area (TPSA) is 65.0 Å². The molecule has 1 spiro atoms. The van der Waals surface area contributed by atoms with E-state index in [4.69, 9.17) is 23.8 Å². The molecule has 0 bridgehead atoms. The van der Waals surface area contributed by atoms with Crippen LogP contribution in [0.5, 0.6) is 0 Å². The summed E-state index contributed by atoms with van der Waals surface area (Å²) in [7, 11) is 0. The van der Waals surface area contributed by atoms with E-state index in [1.807, 2.05) is 18.2 Å². The Morgan fingerprint density at radius 1 is 0.275 bits per heavy atom. The molecule has 0 aliphatic heterocycles. The van der Waals surface area contributed by atoms with Crippen molar-refractivity contribution in [2.45, 2.75) is 5.41 Å². The maximum absolute atomic E-state index is 6.99. The fourth-order valence-corrected chi connectivity index (χ4v) is 11.5. The highest BCUT2D eigenvalue weighted by Crippen LogP contribution is 2.65. The van der Waals surface area contributed by atoms with E-state index in [1.165, 1.54) is 44.5 Å². The highest BCUT2D eigenvalue weighted by molar-refractivity contribution is 6.16. The third-order valence-corrected chi connectivity index (χ3v) is 14.6. The Kier molecular flexibility index (Phi) is 7.93. The molecule has 13 aromatic rings. The molecule has 3 aromatic heterocycles. The van der Waals surface area contributed by atoms with Gasteiger partial charge in [-0.05, 0) is 103 Å². The second kappa shape index (κ2) is 14.4. The van der Waals surface area contributed by atoms with Crippen molar-refractivity contribution in [1.29, 1.82) is 0 Å². The van der Waals surface area contributed by atoms with Crippen LogP contribution in [-0.4, -0.2) is 15.0 Å². The average molecular weight is 880 g/mol. The van der Waals surface area contributed by atoms with E-state index in [-0.39, 0.29) is 0 Å². The number of fused-ring (bicyclic) bond motifs is 17. The lowest BCUT2D eigenvalue weighted by molar-refractivity contribution is 0.666. The van der Waals surface area contributed by atoms with Crippen LogP contribution in [0.4, 0.5) is 0 Å². The maximum Gasteiger partial charge on any atom is 0.164 e. The fraction of sp³-hybridized carbons (Fsp3) is 0.0156. The molecule has 320 valence electrons. The van der Waals surface area contributed by atoms with Crippen molar-refractivity contribution < 1.29 is 8.83 Å². The number of nitrogens with zero attached hydrogens (tertiary/aromatic N) is 3. The van der Waals surface area contributed by atoms with Gasteiger partial charge in [-0.3, -0.25) is 0 Å². The summed E-state index contributed by atoms with van der Waals surface area (Å²) in [4.78, 5) is 15.5. The molecule has 2 aliphatic carbocycles. The van der Waals surface area contributed by atoms with E-state index in [9.17, 15) is 0 Å². The van der Waals surface area contributed by atoms with Crippen molar-refractivity contribution in [3.8, 4) is 78.7 Å². The van der Waals surface area contributed by atoms with E-state index in [0.717, 1.165) is 82.8 Å². The lowest BCUT2D eigenvalue weighted by Crippen LogP contribution is -2.26. The van der Waals surface area contributed by atoms with Gasteiger partial charge < -0.3 is 8.83 Å². The third kappa shape index (κ3) is 5.50. The van der Waals surface area contributed by atoms with E-state index in [0.29, 0.717) is 17.5 Å². The standard InChI is InChI=1S/C64H37N3O2/c1-3-13-38(14-4-1)40-23-27-42(28-24-40)61-65-62(43-29-25-41(26-30-43)39-15-5-2-6-16-39)67-63(66-61)44-31-32-49-57(35-44)69-56-34-33-48-50-36-51-47-19-9-12-22-55(47)68-58(51)37-54(50)64(60(48)59(49)56)52-20-10-7-17-45(52)46-18-8-11-21-53(46)64/h1-37H. The van der Waals surface area contributed by atoms with E-state index in [2.05, 4.69) is 206 Å². The SMILES string of the molecule is c1ccc(-c2ccc(-c3nc(-c4ccc(-c5ccccc5)cc4)nc(-c4ccc5c(c4)oc4ccc6c(c45)C4(c5ccccc5-c5ccccc54)c4cc5oc7ccccc7c5cc4-6)n3)cc2)cc1. The van der Waals surface area contributed by atoms with Crippen molar-refractivity contribution >= 4 is 43.9 Å². The molecule has 5 nitrogen and oxygen atoms in total. The summed E-state index contributed by atoms with van der Waals surface area (Å²) in [5.74, 6) is 1.77. The van der Waals surface area contributed by atoms with Gasteiger partial charge in [0.05, 0.1) is 5.41 Å². The summed E-state index contributed by atoms with van der Waals surface area (Å²) in [5.41, 5.74) is 19.9. The van der Waals surface area contributed by atoms with Gasteiger partial charge in [0.15, 0.2) is 17.5 Å². The minimum absolute atomic E-state index is 0.569. The second-order valence-corrected chi connectivity index (χ2v) is 18.2. The number of para-hydroxylation sites is 1. The van der Waals surface area contributed by atoms with Crippen molar-refractivity contribution in [2.75, 3.05) is 0 Å². The molecule has 10 aromatic carbocycles. The Hall–Kier alpha value is -9.19.